The van der Waals surface area contributed by atoms with Crippen molar-refractivity contribution in [2.24, 2.45) is 0 Å². The Morgan fingerprint density at radius 1 is 1.10 bits per heavy atom. The molecule has 148 valence electrons. The van der Waals surface area contributed by atoms with E-state index in [-0.39, 0.29) is 18.0 Å². The van der Waals surface area contributed by atoms with Crippen molar-refractivity contribution in [2.45, 2.75) is 6.92 Å². The summed E-state index contributed by atoms with van der Waals surface area (Å²) in [6.07, 6.45) is 1.41. The number of nitrogen functional groups attached to an aromatic ring is 1. The fourth-order valence-electron chi connectivity index (χ4n) is 2.60. The standard InChI is InChI=1S/C21H20N4O4/c1-3-29-21(27)17-12-23-18(14-5-4-6-15(22)11-14)25-19(17)24-16-9-7-13(8-10-16)20(26)28-2/h4-12H,3,22H2,1-2H3,(H,23,24,25). The Morgan fingerprint density at radius 3 is 2.52 bits per heavy atom. The van der Waals surface area contributed by atoms with Gasteiger partial charge in [0, 0.05) is 23.1 Å². The molecule has 0 aliphatic carbocycles. The maximum atomic E-state index is 12.3. The molecule has 0 radical (unpaired) electrons. The van der Waals surface area contributed by atoms with Crippen LogP contribution < -0.4 is 11.1 Å². The molecule has 8 nitrogen and oxygen atoms in total. The topological polar surface area (TPSA) is 116 Å². The molecular formula is C21H20N4O4. The van der Waals surface area contributed by atoms with E-state index in [1.807, 2.05) is 6.07 Å². The Balaban J connectivity index is 1.98. The van der Waals surface area contributed by atoms with Crippen molar-refractivity contribution in [3.05, 3.63) is 65.9 Å². The van der Waals surface area contributed by atoms with Crippen LogP contribution in [0, 0.1) is 0 Å². The predicted octanol–water partition coefficient (Wildman–Crippen LogP) is 3.43. The van der Waals surface area contributed by atoms with Crippen molar-refractivity contribution in [3.8, 4) is 11.4 Å². The number of carbonyl (C=O) groups excluding carboxylic acids is 2. The number of benzene rings is 2. The van der Waals surface area contributed by atoms with Crippen LogP contribution in [0.4, 0.5) is 17.2 Å². The zero-order chi connectivity index (χ0) is 20.8. The quantitative estimate of drug-likeness (QED) is 0.484. The number of esters is 2. The average Bonchev–Trinajstić information content (AvgIpc) is 2.74. The van der Waals surface area contributed by atoms with Crippen LogP contribution in [-0.2, 0) is 9.47 Å². The fourth-order valence-corrected chi connectivity index (χ4v) is 2.60. The van der Waals surface area contributed by atoms with Crippen molar-refractivity contribution in [1.82, 2.24) is 9.97 Å². The highest BCUT2D eigenvalue weighted by molar-refractivity contribution is 5.95. The van der Waals surface area contributed by atoms with Gasteiger partial charge in [0.1, 0.15) is 11.4 Å². The minimum atomic E-state index is -0.541. The average molecular weight is 392 g/mol. The van der Waals surface area contributed by atoms with Gasteiger partial charge < -0.3 is 20.5 Å². The molecule has 2 aromatic carbocycles. The minimum absolute atomic E-state index is 0.191. The van der Waals surface area contributed by atoms with E-state index in [0.29, 0.717) is 28.3 Å². The summed E-state index contributed by atoms with van der Waals surface area (Å²) in [5, 5.41) is 3.09. The number of anilines is 3. The highest BCUT2D eigenvalue weighted by Crippen LogP contribution is 2.24. The summed E-state index contributed by atoms with van der Waals surface area (Å²) in [5.74, 6) is -0.296. The number of hydrogen-bond donors (Lipinski definition) is 2. The molecule has 0 amide bonds. The number of hydrogen-bond acceptors (Lipinski definition) is 8. The molecular weight excluding hydrogens is 372 g/mol. The summed E-state index contributed by atoms with van der Waals surface area (Å²) in [7, 11) is 1.32. The lowest BCUT2D eigenvalue weighted by molar-refractivity contribution is 0.0525. The highest BCUT2D eigenvalue weighted by Gasteiger charge is 2.17. The highest BCUT2D eigenvalue weighted by atomic mass is 16.5. The summed E-state index contributed by atoms with van der Waals surface area (Å²) in [6.45, 7) is 1.95. The molecule has 0 spiro atoms. The molecule has 1 heterocycles. The number of rotatable bonds is 6. The van der Waals surface area contributed by atoms with Crippen LogP contribution in [0.25, 0.3) is 11.4 Å². The van der Waals surface area contributed by atoms with E-state index in [1.165, 1.54) is 13.3 Å². The minimum Gasteiger partial charge on any atom is -0.465 e. The Hall–Kier alpha value is -3.94. The largest absolute Gasteiger partial charge is 0.465 e. The molecule has 3 aromatic rings. The molecule has 3 rings (SSSR count). The first-order valence-corrected chi connectivity index (χ1v) is 8.87. The molecule has 0 atom stereocenters. The molecule has 1 aromatic heterocycles. The number of nitrogens with two attached hydrogens (primary N) is 1. The van der Waals surface area contributed by atoms with E-state index in [0.717, 1.165) is 0 Å². The number of methoxy groups -OCH3 is 1. The van der Waals surface area contributed by atoms with Crippen LogP contribution in [0.5, 0.6) is 0 Å². The van der Waals surface area contributed by atoms with Gasteiger partial charge >= 0.3 is 11.9 Å². The molecule has 0 saturated carbocycles. The molecule has 0 aliphatic rings. The van der Waals surface area contributed by atoms with Crippen LogP contribution in [0.2, 0.25) is 0 Å². The van der Waals surface area contributed by atoms with Crippen molar-refractivity contribution >= 4 is 29.1 Å². The first-order valence-electron chi connectivity index (χ1n) is 8.87. The number of aromatic nitrogens is 2. The van der Waals surface area contributed by atoms with E-state index in [9.17, 15) is 9.59 Å². The zero-order valence-electron chi connectivity index (χ0n) is 16.0. The number of nitrogens with zero attached hydrogens (tertiary/aromatic N) is 2. The monoisotopic (exact) mass is 392 g/mol. The molecule has 29 heavy (non-hydrogen) atoms. The van der Waals surface area contributed by atoms with E-state index in [1.54, 1.807) is 49.4 Å². The summed E-state index contributed by atoms with van der Waals surface area (Å²) >= 11 is 0. The molecule has 0 bridgehead atoms. The van der Waals surface area contributed by atoms with Crippen molar-refractivity contribution in [1.29, 1.82) is 0 Å². The van der Waals surface area contributed by atoms with Gasteiger partial charge in [-0.05, 0) is 43.3 Å². The van der Waals surface area contributed by atoms with Gasteiger partial charge in [0.05, 0.1) is 19.3 Å². The van der Waals surface area contributed by atoms with E-state index < -0.39 is 11.9 Å². The fraction of sp³-hybridized carbons (Fsp3) is 0.143. The second-order valence-electron chi connectivity index (χ2n) is 6.00. The smallest absolute Gasteiger partial charge is 0.343 e. The van der Waals surface area contributed by atoms with Crippen LogP contribution in [0.15, 0.2) is 54.7 Å². The number of carbonyl (C=O) groups is 2. The van der Waals surface area contributed by atoms with Crippen LogP contribution in [-0.4, -0.2) is 35.6 Å². The summed E-state index contributed by atoms with van der Waals surface area (Å²) in [5.41, 5.74) is 8.36. The normalized spacial score (nSPS) is 10.3. The van der Waals surface area contributed by atoms with Crippen LogP contribution >= 0.6 is 0 Å². The second kappa shape index (κ2) is 8.83. The second-order valence-corrected chi connectivity index (χ2v) is 6.00. The Kier molecular flexibility index (Phi) is 6.03. The van der Waals surface area contributed by atoms with Gasteiger partial charge in [-0.15, -0.1) is 0 Å². The lowest BCUT2D eigenvalue weighted by Gasteiger charge is -2.12. The zero-order valence-corrected chi connectivity index (χ0v) is 16.0. The lowest BCUT2D eigenvalue weighted by atomic mass is 10.1. The molecule has 8 heteroatoms. The Morgan fingerprint density at radius 2 is 1.86 bits per heavy atom. The van der Waals surface area contributed by atoms with E-state index in [4.69, 9.17) is 15.2 Å². The van der Waals surface area contributed by atoms with Crippen molar-refractivity contribution in [3.63, 3.8) is 0 Å². The van der Waals surface area contributed by atoms with Gasteiger partial charge in [0.25, 0.3) is 0 Å². The summed E-state index contributed by atoms with van der Waals surface area (Å²) in [4.78, 5) is 32.7. The van der Waals surface area contributed by atoms with Gasteiger partial charge in [-0.2, -0.15) is 0 Å². The van der Waals surface area contributed by atoms with Gasteiger partial charge in [-0.1, -0.05) is 12.1 Å². The molecule has 0 fully saturated rings. The predicted molar refractivity (Wildman–Crippen MR) is 109 cm³/mol. The maximum absolute atomic E-state index is 12.3. The third-order valence-electron chi connectivity index (χ3n) is 4.00. The van der Waals surface area contributed by atoms with Gasteiger partial charge in [-0.3, -0.25) is 0 Å². The summed E-state index contributed by atoms with van der Waals surface area (Å²) < 4.78 is 9.79. The molecule has 0 unspecified atom stereocenters. The van der Waals surface area contributed by atoms with Gasteiger partial charge in [-0.25, -0.2) is 19.6 Å². The molecule has 3 N–H and O–H groups in total. The van der Waals surface area contributed by atoms with E-state index >= 15 is 0 Å². The number of ether oxygens (including phenoxy) is 2. The van der Waals surface area contributed by atoms with Gasteiger partial charge in [0.15, 0.2) is 5.82 Å². The summed E-state index contributed by atoms with van der Waals surface area (Å²) in [6, 6.07) is 13.7. The first kappa shape index (κ1) is 19.8. The number of nitrogens with one attached hydrogen (secondary N) is 1. The van der Waals surface area contributed by atoms with E-state index in [2.05, 4.69) is 15.3 Å². The SMILES string of the molecule is CCOC(=O)c1cnc(-c2cccc(N)c2)nc1Nc1ccc(C(=O)OC)cc1. The lowest BCUT2D eigenvalue weighted by Crippen LogP contribution is -2.11. The Labute approximate surface area is 167 Å². The molecule has 0 aliphatic heterocycles. The van der Waals surface area contributed by atoms with Crippen LogP contribution in [0.3, 0.4) is 0 Å². The molecule has 0 saturated heterocycles. The van der Waals surface area contributed by atoms with Gasteiger partial charge in [0.2, 0.25) is 0 Å². The van der Waals surface area contributed by atoms with Crippen LogP contribution in [0.1, 0.15) is 27.6 Å². The maximum Gasteiger partial charge on any atom is 0.343 e. The van der Waals surface area contributed by atoms with Crippen molar-refractivity contribution < 1.29 is 19.1 Å². The third-order valence-corrected chi connectivity index (χ3v) is 4.00. The Bertz CT molecular complexity index is 1040. The third kappa shape index (κ3) is 4.67. The van der Waals surface area contributed by atoms with Crippen molar-refractivity contribution in [2.75, 3.05) is 24.8 Å². The first-order chi connectivity index (χ1) is 14.0.